The molecule has 1 N–H and O–H groups in total. The highest BCUT2D eigenvalue weighted by molar-refractivity contribution is 5.88. The van der Waals surface area contributed by atoms with Crippen LogP contribution in [-0.4, -0.2) is 52.4 Å². The van der Waals surface area contributed by atoms with Crippen molar-refractivity contribution < 1.29 is 9.18 Å². The number of nitrogens with one attached hydrogen (secondary N) is 1. The summed E-state index contributed by atoms with van der Waals surface area (Å²) in [7, 11) is 2.02. The van der Waals surface area contributed by atoms with Crippen LogP contribution >= 0.6 is 0 Å². The van der Waals surface area contributed by atoms with Crippen molar-refractivity contribution in [3.05, 3.63) is 63.1 Å². The summed E-state index contributed by atoms with van der Waals surface area (Å²) < 4.78 is 13.5. The van der Waals surface area contributed by atoms with Gasteiger partial charge in [-0.3, -0.25) is 9.59 Å². The molecule has 2 aliphatic heterocycles. The maximum atomic E-state index is 13.7. The van der Waals surface area contributed by atoms with Crippen LogP contribution < -0.4 is 5.56 Å². The van der Waals surface area contributed by atoms with E-state index in [9.17, 15) is 14.0 Å². The topological polar surface area (TPSA) is 69.3 Å². The average Bonchev–Trinajstić information content (AvgIpc) is 3.31. The summed E-state index contributed by atoms with van der Waals surface area (Å²) >= 11 is 0. The molecule has 3 heterocycles. The molecule has 0 bridgehead atoms. The smallest absolute Gasteiger partial charge is 0.255 e. The fourth-order valence-electron chi connectivity index (χ4n) is 5.80. The number of piperidine rings is 1. The maximum Gasteiger partial charge on any atom is 0.255 e. The second kappa shape index (κ2) is 8.43. The minimum atomic E-state index is -0.523. The Morgan fingerprint density at radius 2 is 1.81 bits per heavy atom. The zero-order valence-electron chi connectivity index (χ0n) is 18.7. The van der Waals surface area contributed by atoms with Crippen molar-refractivity contribution in [2.45, 2.75) is 62.8 Å². The molecule has 2 aromatic rings. The number of nitrogens with zero attached hydrogens (tertiary/aromatic N) is 3. The van der Waals surface area contributed by atoms with Crippen LogP contribution in [-0.2, 0) is 23.2 Å². The fraction of sp³-hybridized carbons (Fsp3) is 0.560. The maximum absolute atomic E-state index is 13.7. The van der Waals surface area contributed by atoms with Crippen LogP contribution in [0.5, 0.6) is 0 Å². The van der Waals surface area contributed by atoms with Gasteiger partial charge in [-0.15, -0.1) is 0 Å². The van der Waals surface area contributed by atoms with Crippen LogP contribution in [0, 0.1) is 5.82 Å². The first-order valence-corrected chi connectivity index (χ1v) is 11.8. The lowest BCUT2D eigenvalue weighted by atomic mass is 9.77. The van der Waals surface area contributed by atoms with Crippen molar-refractivity contribution in [2.24, 2.45) is 0 Å². The van der Waals surface area contributed by atoms with Crippen LogP contribution in [0.3, 0.4) is 0 Å². The van der Waals surface area contributed by atoms with Gasteiger partial charge in [-0.1, -0.05) is 25.0 Å². The van der Waals surface area contributed by atoms with Crippen molar-refractivity contribution in [1.29, 1.82) is 0 Å². The minimum Gasteiger partial charge on any atom is -0.342 e. The summed E-state index contributed by atoms with van der Waals surface area (Å²) in [4.78, 5) is 38.3. The Balaban J connectivity index is 1.31. The summed E-state index contributed by atoms with van der Waals surface area (Å²) in [5.41, 5.74) is 2.12. The molecule has 1 aromatic carbocycles. The molecule has 5 rings (SSSR count). The van der Waals surface area contributed by atoms with Gasteiger partial charge in [0, 0.05) is 38.5 Å². The molecule has 1 aromatic heterocycles. The predicted molar refractivity (Wildman–Crippen MR) is 120 cm³/mol. The number of H-pyrrole nitrogens is 1. The molecule has 2 fully saturated rings. The fourth-order valence-corrected chi connectivity index (χ4v) is 5.80. The lowest BCUT2D eigenvalue weighted by Crippen LogP contribution is -2.48. The van der Waals surface area contributed by atoms with Crippen LogP contribution in [0.15, 0.2) is 29.1 Å². The average molecular weight is 439 g/mol. The molecule has 7 heteroatoms. The Kier molecular flexibility index (Phi) is 5.61. The molecule has 6 nitrogen and oxygen atoms in total. The van der Waals surface area contributed by atoms with E-state index >= 15 is 0 Å². The number of aromatic amines is 1. The first-order valence-electron chi connectivity index (χ1n) is 11.8. The van der Waals surface area contributed by atoms with Gasteiger partial charge in [0.05, 0.1) is 16.7 Å². The number of fused-ring (bicyclic) bond motifs is 1. The third-order valence-electron chi connectivity index (χ3n) is 7.71. The summed E-state index contributed by atoms with van der Waals surface area (Å²) in [5, 5.41) is 0. The Morgan fingerprint density at radius 3 is 2.50 bits per heavy atom. The highest BCUT2D eigenvalue weighted by Crippen LogP contribution is 2.43. The van der Waals surface area contributed by atoms with E-state index in [4.69, 9.17) is 4.98 Å². The Morgan fingerprint density at radius 1 is 1.12 bits per heavy atom. The Labute approximate surface area is 187 Å². The van der Waals surface area contributed by atoms with E-state index in [-0.39, 0.29) is 23.2 Å². The van der Waals surface area contributed by atoms with Gasteiger partial charge in [0.15, 0.2) is 0 Å². The molecular weight excluding hydrogens is 407 g/mol. The third kappa shape index (κ3) is 3.76. The van der Waals surface area contributed by atoms with E-state index < -0.39 is 5.41 Å². The number of hydrogen-bond donors (Lipinski definition) is 1. The number of amides is 1. The zero-order valence-corrected chi connectivity index (χ0v) is 18.7. The van der Waals surface area contributed by atoms with E-state index in [1.54, 1.807) is 12.1 Å². The summed E-state index contributed by atoms with van der Waals surface area (Å²) in [6.45, 7) is 2.89. The Hall–Kier alpha value is -2.54. The quantitative estimate of drug-likeness (QED) is 0.800. The number of carbonyl (C=O) groups excluding carboxylic acids is 1. The van der Waals surface area contributed by atoms with Gasteiger partial charge in [0.1, 0.15) is 11.6 Å². The summed E-state index contributed by atoms with van der Waals surface area (Å²) in [5.74, 6) is 0.852. The lowest BCUT2D eigenvalue weighted by molar-refractivity contribution is -0.138. The number of carbonyl (C=O) groups is 1. The molecule has 1 saturated carbocycles. The first kappa shape index (κ1) is 21.3. The molecule has 170 valence electrons. The van der Waals surface area contributed by atoms with Crippen LogP contribution in [0.2, 0.25) is 0 Å². The molecule has 1 amide bonds. The Bertz CT molecular complexity index is 1050. The molecule has 1 saturated heterocycles. The van der Waals surface area contributed by atoms with E-state index in [1.165, 1.54) is 12.1 Å². The predicted octanol–water partition coefficient (Wildman–Crippen LogP) is 3.11. The minimum absolute atomic E-state index is 0.0173. The molecule has 0 unspecified atom stereocenters. The van der Waals surface area contributed by atoms with Crippen molar-refractivity contribution in [3.8, 4) is 0 Å². The van der Waals surface area contributed by atoms with E-state index in [0.717, 1.165) is 74.1 Å². The van der Waals surface area contributed by atoms with E-state index in [1.807, 2.05) is 11.9 Å². The molecule has 0 radical (unpaired) electrons. The molecule has 1 aliphatic carbocycles. The highest BCUT2D eigenvalue weighted by Gasteiger charge is 2.45. The molecule has 32 heavy (non-hydrogen) atoms. The van der Waals surface area contributed by atoms with Gasteiger partial charge in [-0.05, 0) is 50.4 Å². The van der Waals surface area contributed by atoms with Crippen LogP contribution in [0.25, 0.3) is 0 Å². The second-order valence-corrected chi connectivity index (χ2v) is 9.73. The number of halogens is 1. The molecule has 3 aliphatic rings. The lowest BCUT2D eigenvalue weighted by Gasteiger charge is -2.38. The van der Waals surface area contributed by atoms with Crippen molar-refractivity contribution in [2.75, 3.05) is 26.7 Å². The first-order chi connectivity index (χ1) is 15.5. The SMILES string of the molecule is CN1CCc2nc(C3CCN(C(=O)C4(c5ccc(F)cc5)CCCC4)CC3)[nH]c(=O)c2C1. The second-order valence-electron chi connectivity index (χ2n) is 9.73. The summed E-state index contributed by atoms with van der Waals surface area (Å²) in [6.07, 6.45) is 6.10. The van der Waals surface area contributed by atoms with Gasteiger partial charge in [-0.25, -0.2) is 9.37 Å². The van der Waals surface area contributed by atoms with Gasteiger partial charge in [-0.2, -0.15) is 0 Å². The van der Waals surface area contributed by atoms with Gasteiger partial charge < -0.3 is 14.8 Å². The normalized spacial score (nSPS) is 21.5. The van der Waals surface area contributed by atoms with E-state index in [2.05, 4.69) is 9.88 Å². The van der Waals surface area contributed by atoms with Gasteiger partial charge in [0.25, 0.3) is 5.56 Å². The standard InChI is InChI=1S/C25H31FN4O2/c1-29-13-10-21-20(16-29)23(31)28-22(27-21)17-8-14-30(15-9-17)24(32)25(11-2-3-12-25)18-4-6-19(26)7-5-18/h4-7,17H,2-3,8-16H2,1H3,(H,27,28,31). The monoisotopic (exact) mass is 438 g/mol. The number of hydrogen-bond acceptors (Lipinski definition) is 4. The number of likely N-dealkylation sites (N-methyl/N-ethyl adjacent to an activating group) is 1. The van der Waals surface area contributed by atoms with E-state index in [0.29, 0.717) is 19.6 Å². The number of rotatable bonds is 3. The van der Waals surface area contributed by atoms with Gasteiger partial charge >= 0.3 is 0 Å². The van der Waals surface area contributed by atoms with Crippen molar-refractivity contribution >= 4 is 5.91 Å². The molecular formula is C25H31FN4O2. The number of aromatic nitrogens is 2. The van der Waals surface area contributed by atoms with Crippen molar-refractivity contribution in [3.63, 3.8) is 0 Å². The number of likely N-dealkylation sites (tertiary alicyclic amines) is 1. The molecule has 0 atom stereocenters. The van der Waals surface area contributed by atoms with Crippen LogP contribution in [0.1, 0.15) is 67.1 Å². The van der Waals surface area contributed by atoms with Crippen LogP contribution in [0.4, 0.5) is 4.39 Å². The third-order valence-corrected chi connectivity index (χ3v) is 7.71. The number of benzene rings is 1. The highest BCUT2D eigenvalue weighted by atomic mass is 19.1. The van der Waals surface area contributed by atoms with Crippen molar-refractivity contribution in [1.82, 2.24) is 19.8 Å². The largest absolute Gasteiger partial charge is 0.342 e. The van der Waals surface area contributed by atoms with Gasteiger partial charge in [0.2, 0.25) is 5.91 Å². The molecule has 0 spiro atoms. The zero-order chi connectivity index (χ0) is 22.3. The summed E-state index contributed by atoms with van der Waals surface area (Å²) in [6, 6.07) is 6.49.